The van der Waals surface area contributed by atoms with Gasteiger partial charge in [0, 0.05) is 58.7 Å². The number of amides is 3. The normalized spacial score (nSPS) is 11.4. The largest absolute Gasteiger partial charge is 0.379 e. The van der Waals surface area contributed by atoms with Gasteiger partial charge >= 0.3 is 0 Å². The Morgan fingerprint density at radius 3 is 1.32 bits per heavy atom. The smallest absolute Gasteiger partial charge is 0.220 e. The monoisotopic (exact) mass is 531 g/mol. The zero-order chi connectivity index (χ0) is 27.6. The van der Waals surface area contributed by atoms with E-state index in [4.69, 9.17) is 18.9 Å². The fourth-order valence-electron chi connectivity index (χ4n) is 3.04. The first-order valence-electron chi connectivity index (χ1n) is 13.9. The Hall–Kier alpha value is -1.75. The minimum absolute atomic E-state index is 0.0334. The summed E-state index contributed by atoms with van der Waals surface area (Å²) in [6.45, 7) is 13.6. The molecule has 0 bridgehead atoms. The van der Waals surface area contributed by atoms with Crippen molar-refractivity contribution in [2.75, 3.05) is 65.9 Å². The molecule has 37 heavy (non-hydrogen) atoms. The van der Waals surface area contributed by atoms with Crippen molar-refractivity contribution < 1.29 is 33.3 Å². The number of ether oxygens (including phenoxy) is 4. The lowest BCUT2D eigenvalue weighted by Crippen LogP contribution is -2.28. The van der Waals surface area contributed by atoms with E-state index in [1.807, 2.05) is 20.8 Å². The van der Waals surface area contributed by atoms with E-state index in [1.54, 1.807) is 0 Å². The van der Waals surface area contributed by atoms with Crippen molar-refractivity contribution in [3.05, 3.63) is 0 Å². The van der Waals surface area contributed by atoms with Crippen molar-refractivity contribution in [3.63, 3.8) is 0 Å². The molecule has 0 aliphatic heterocycles. The summed E-state index contributed by atoms with van der Waals surface area (Å²) in [7, 11) is 0. The minimum Gasteiger partial charge on any atom is -0.379 e. The van der Waals surface area contributed by atoms with E-state index < -0.39 is 0 Å². The molecular weight excluding hydrogens is 478 g/mol. The Morgan fingerprint density at radius 2 is 0.919 bits per heavy atom. The molecule has 0 saturated carbocycles. The van der Waals surface area contributed by atoms with Crippen LogP contribution in [0.2, 0.25) is 0 Å². The zero-order valence-corrected chi connectivity index (χ0v) is 23.8. The molecule has 0 atom stereocenters. The molecule has 0 fully saturated rings. The minimum atomic E-state index is -0.162. The summed E-state index contributed by atoms with van der Waals surface area (Å²) in [5.41, 5.74) is -0.162. The first kappa shape index (κ1) is 35.2. The molecule has 0 aliphatic rings. The van der Waals surface area contributed by atoms with Gasteiger partial charge in [0.15, 0.2) is 0 Å². The lowest BCUT2D eigenvalue weighted by atomic mass is 10.2. The van der Waals surface area contributed by atoms with E-state index in [1.165, 1.54) is 0 Å². The molecule has 3 N–H and O–H groups in total. The van der Waals surface area contributed by atoms with E-state index in [9.17, 15) is 14.4 Å². The van der Waals surface area contributed by atoms with Crippen molar-refractivity contribution in [2.24, 2.45) is 0 Å². The number of carbonyl (C=O) groups excluding carboxylic acids is 3. The zero-order valence-electron chi connectivity index (χ0n) is 23.8. The van der Waals surface area contributed by atoms with Crippen LogP contribution >= 0.6 is 0 Å². The standard InChI is InChI=1S/C27H53N3O7/c1-5-6-11-24(31)28-14-8-17-34-20-22-36-23-21-35-18-9-15-29-25(32)12-7-13-26(33)30-16-10-19-37-27(2,3)4/h5-23H2,1-4H3,(H,28,31)(H,29,32)(H,30,33). The highest BCUT2D eigenvalue weighted by atomic mass is 16.5. The Balaban J connectivity index is 3.32. The fraction of sp³-hybridized carbons (Fsp3) is 0.889. The number of carbonyl (C=O) groups is 3. The Kier molecular flexibility index (Phi) is 23.4. The molecule has 0 rings (SSSR count). The molecule has 0 unspecified atom stereocenters. The molecule has 218 valence electrons. The first-order chi connectivity index (χ1) is 17.7. The molecule has 0 aromatic rings. The number of hydrogen-bond donors (Lipinski definition) is 3. The SMILES string of the molecule is CCCCC(=O)NCCCOCCOCCOCCCNC(=O)CCCC(=O)NCCCOC(C)(C)C. The molecule has 10 heteroatoms. The van der Waals surface area contributed by atoms with E-state index in [2.05, 4.69) is 22.9 Å². The van der Waals surface area contributed by atoms with Crippen molar-refractivity contribution in [1.82, 2.24) is 16.0 Å². The van der Waals surface area contributed by atoms with Gasteiger partial charge in [0.1, 0.15) is 0 Å². The second-order valence-electron chi connectivity index (χ2n) is 9.87. The summed E-state index contributed by atoms with van der Waals surface area (Å²) in [6, 6.07) is 0. The molecule has 10 nitrogen and oxygen atoms in total. The Labute approximate surface area is 224 Å². The highest BCUT2D eigenvalue weighted by Crippen LogP contribution is 2.06. The van der Waals surface area contributed by atoms with Crippen LogP contribution in [0.5, 0.6) is 0 Å². The Bertz CT molecular complexity index is 583. The molecule has 0 saturated heterocycles. The maximum absolute atomic E-state index is 11.9. The third-order valence-corrected chi connectivity index (χ3v) is 5.06. The summed E-state index contributed by atoms with van der Waals surface area (Å²) in [5, 5.41) is 8.58. The number of hydrogen-bond acceptors (Lipinski definition) is 7. The molecule has 0 aromatic carbocycles. The lowest BCUT2D eigenvalue weighted by Gasteiger charge is -2.19. The van der Waals surface area contributed by atoms with Gasteiger partial charge in [-0.3, -0.25) is 14.4 Å². The van der Waals surface area contributed by atoms with Crippen LogP contribution in [0.1, 0.15) is 85.5 Å². The number of rotatable bonds is 25. The maximum Gasteiger partial charge on any atom is 0.220 e. The van der Waals surface area contributed by atoms with Crippen LogP contribution in [0.15, 0.2) is 0 Å². The average Bonchev–Trinajstić information content (AvgIpc) is 2.84. The predicted molar refractivity (Wildman–Crippen MR) is 144 cm³/mol. The van der Waals surface area contributed by atoms with Crippen molar-refractivity contribution in [2.45, 2.75) is 91.1 Å². The van der Waals surface area contributed by atoms with E-state index in [0.717, 1.165) is 32.1 Å². The van der Waals surface area contributed by atoms with Crippen LogP contribution in [0.4, 0.5) is 0 Å². The van der Waals surface area contributed by atoms with Gasteiger partial charge in [0.2, 0.25) is 17.7 Å². The van der Waals surface area contributed by atoms with Crippen LogP contribution in [-0.2, 0) is 33.3 Å². The molecule has 0 heterocycles. The van der Waals surface area contributed by atoms with Gasteiger partial charge in [-0.1, -0.05) is 13.3 Å². The highest BCUT2D eigenvalue weighted by molar-refractivity contribution is 5.78. The van der Waals surface area contributed by atoms with Gasteiger partial charge in [-0.2, -0.15) is 0 Å². The van der Waals surface area contributed by atoms with Crippen LogP contribution < -0.4 is 16.0 Å². The number of nitrogens with one attached hydrogen (secondary N) is 3. The van der Waals surface area contributed by atoms with E-state index >= 15 is 0 Å². The van der Waals surface area contributed by atoms with Crippen LogP contribution in [0.3, 0.4) is 0 Å². The summed E-state index contributed by atoms with van der Waals surface area (Å²) >= 11 is 0. The van der Waals surface area contributed by atoms with Crippen LogP contribution in [-0.4, -0.2) is 89.2 Å². The predicted octanol–water partition coefficient (Wildman–Crippen LogP) is 2.73. The Morgan fingerprint density at radius 1 is 0.541 bits per heavy atom. The highest BCUT2D eigenvalue weighted by Gasteiger charge is 2.09. The van der Waals surface area contributed by atoms with Gasteiger partial charge in [0.25, 0.3) is 0 Å². The lowest BCUT2D eigenvalue weighted by molar-refractivity contribution is -0.123. The maximum atomic E-state index is 11.9. The van der Waals surface area contributed by atoms with Gasteiger partial charge in [0.05, 0.1) is 32.0 Å². The van der Waals surface area contributed by atoms with Gasteiger partial charge in [-0.15, -0.1) is 0 Å². The van der Waals surface area contributed by atoms with Crippen LogP contribution in [0, 0.1) is 0 Å². The third-order valence-electron chi connectivity index (χ3n) is 5.06. The molecule has 0 aromatic heterocycles. The van der Waals surface area contributed by atoms with E-state index in [0.29, 0.717) is 91.6 Å². The summed E-state index contributed by atoms with van der Waals surface area (Å²) in [5.74, 6) is 0.0286. The summed E-state index contributed by atoms with van der Waals surface area (Å²) in [6.07, 6.45) is 6.06. The second kappa shape index (κ2) is 24.6. The second-order valence-corrected chi connectivity index (χ2v) is 9.87. The van der Waals surface area contributed by atoms with E-state index in [-0.39, 0.29) is 23.3 Å². The van der Waals surface area contributed by atoms with Gasteiger partial charge in [-0.05, 0) is 52.9 Å². The third kappa shape index (κ3) is 28.7. The van der Waals surface area contributed by atoms with Gasteiger partial charge < -0.3 is 34.9 Å². The molecular formula is C27H53N3O7. The fourth-order valence-corrected chi connectivity index (χ4v) is 3.04. The molecule has 0 radical (unpaired) electrons. The molecule has 0 spiro atoms. The summed E-state index contributed by atoms with van der Waals surface area (Å²) < 4.78 is 22.0. The van der Waals surface area contributed by atoms with Crippen molar-refractivity contribution in [3.8, 4) is 0 Å². The van der Waals surface area contributed by atoms with Crippen molar-refractivity contribution >= 4 is 17.7 Å². The quantitative estimate of drug-likeness (QED) is 0.155. The summed E-state index contributed by atoms with van der Waals surface area (Å²) in [4.78, 5) is 35.1. The van der Waals surface area contributed by atoms with Gasteiger partial charge in [-0.25, -0.2) is 0 Å². The number of unbranched alkanes of at least 4 members (excludes halogenated alkanes) is 1. The van der Waals surface area contributed by atoms with Crippen molar-refractivity contribution in [1.29, 1.82) is 0 Å². The topological polar surface area (TPSA) is 124 Å². The first-order valence-corrected chi connectivity index (χ1v) is 13.9. The molecule has 3 amide bonds. The van der Waals surface area contributed by atoms with Crippen LogP contribution in [0.25, 0.3) is 0 Å². The molecule has 0 aliphatic carbocycles. The average molecular weight is 532 g/mol.